The normalized spacial score (nSPS) is 17.7. The number of carbonyl (C=O) groups excluding carboxylic acids is 3. The fourth-order valence-corrected chi connectivity index (χ4v) is 2.79. The maximum absolute atomic E-state index is 12.3. The summed E-state index contributed by atoms with van der Waals surface area (Å²) in [5.74, 6) is -0.915. The van der Waals surface area contributed by atoms with Crippen molar-refractivity contribution in [2.75, 3.05) is 31.6 Å². The Morgan fingerprint density at radius 3 is 2.76 bits per heavy atom. The lowest BCUT2D eigenvalue weighted by molar-refractivity contribution is -0.148. The van der Waals surface area contributed by atoms with Gasteiger partial charge in [0.25, 0.3) is 0 Å². The van der Waals surface area contributed by atoms with Crippen molar-refractivity contribution in [1.29, 1.82) is 0 Å². The first-order valence-corrected chi connectivity index (χ1v) is 9.01. The van der Waals surface area contributed by atoms with E-state index in [1.165, 1.54) is 0 Å². The highest BCUT2D eigenvalue weighted by atomic mass is 79.9. The fraction of sp³-hybridized carbons (Fsp3) is 0.471. The molecule has 1 atom stereocenters. The third kappa shape index (κ3) is 6.13. The van der Waals surface area contributed by atoms with Crippen molar-refractivity contribution in [2.24, 2.45) is 0 Å². The molecule has 1 aromatic rings. The van der Waals surface area contributed by atoms with Gasteiger partial charge in [-0.15, -0.1) is 0 Å². The Morgan fingerprint density at radius 1 is 1.36 bits per heavy atom. The molecule has 25 heavy (non-hydrogen) atoms. The Kier molecular flexibility index (Phi) is 7.39. The van der Waals surface area contributed by atoms with Crippen molar-refractivity contribution < 1.29 is 19.1 Å². The van der Waals surface area contributed by atoms with Crippen LogP contribution in [0.4, 0.5) is 5.69 Å². The number of rotatable bonds is 7. The average molecular weight is 412 g/mol. The highest BCUT2D eigenvalue weighted by Gasteiger charge is 2.33. The lowest BCUT2D eigenvalue weighted by Gasteiger charge is -2.33. The molecule has 1 aliphatic rings. The largest absolute Gasteiger partial charge is 0.466 e. The van der Waals surface area contributed by atoms with E-state index in [1.54, 1.807) is 17.0 Å². The number of hydrogen-bond acceptors (Lipinski definition) is 5. The second-order valence-electron chi connectivity index (χ2n) is 5.76. The van der Waals surface area contributed by atoms with E-state index in [9.17, 15) is 14.4 Å². The van der Waals surface area contributed by atoms with Crippen molar-refractivity contribution >= 4 is 39.4 Å². The lowest BCUT2D eigenvalue weighted by Crippen LogP contribution is -2.57. The van der Waals surface area contributed by atoms with Crippen LogP contribution in [0.2, 0.25) is 0 Å². The first-order chi connectivity index (χ1) is 12.0. The summed E-state index contributed by atoms with van der Waals surface area (Å²) < 4.78 is 5.97. The van der Waals surface area contributed by atoms with Gasteiger partial charge in [-0.2, -0.15) is 0 Å². The Labute approximate surface area is 155 Å². The Hall–Kier alpha value is -1.93. The minimum Gasteiger partial charge on any atom is -0.466 e. The molecule has 0 bridgehead atoms. The molecule has 0 aromatic heterocycles. The maximum atomic E-state index is 12.3. The van der Waals surface area contributed by atoms with Crippen LogP contribution < -0.4 is 10.6 Å². The molecule has 1 saturated heterocycles. The van der Waals surface area contributed by atoms with Crippen molar-refractivity contribution in [2.45, 2.75) is 25.8 Å². The van der Waals surface area contributed by atoms with Crippen LogP contribution >= 0.6 is 15.9 Å². The SMILES string of the molecule is CCCOC(=O)CC1C(=O)NCCN1CC(=O)Nc1ccc(Br)cc1. The first-order valence-electron chi connectivity index (χ1n) is 8.22. The second-order valence-corrected chi connectivity index (χ2v) is 6.67. The molecule has 7 nitrogen and oxygen atoms in total. The molecule has 1 unspecified atom stereocenters. The molecule has 8 heteroatoms. The smallest absolute Gasteiger partial charge is 0.307 e. The van der Waals surface area contributed by atoms with Crippen LogP contribution in [0.25, 0.3) is 0 Å². The van der Waals surface area contributed by atoms with Crippen LogP contribution in [-0.2, 0) is 19.1 Å². The monoisotopic (exact) mass is 411 g/mol. The lowest BCUT2D eigenvalue weighted by atomic mass is 10.1. The van der Waals surface area contributed by atoms with E-state index >= 15 is 0 Å². The molecule has 1 heterocycles. The third-order valence-electron chi connectivity index (χ3n) is 3.74. The minimum absolute atomic E-state index is 0.0369. The van der Waals surface area contributed by atoms with Gasteiger partial charge in [0.2, 0.25) is 11.8 Å². The van der Waals surface area contributed by atoms with Crippen LogP contribution in [0.15, 0.2) is 28.7 Å². The van der Waals surface area contributed by atoms with Gasteiger partial charge in [0.15, 0.2) is 0 Å². The third-order valence-corrected chi connectivity index (χ3v) is 4.27. The van der Waals surface area contributed by atoms with Crippen LogP contribution in [0.1, 0.15) is 19.8 Å². The number of piperazine rings is 1. The van der Waals surface area contributed by atoms with E-state index in [2.05, 4.69) is 26.6 Å². The molecule has 0 spiro atoms. The van der Waals surface area contributed by atoms with Gasteiger partial charge in [0.1, 0.15) is 6.04 Å². The molecule has 1 fully saturated rings. The summed E-state index contributed by atoms with van der Waals surface area (Å²) in [6, 6.07) is 6.54. The molecular formula is C17H22BrN3O4. The van der Waals surface area contributed by atoms with Gasteiger partial charge in [0, 0.05) is 23.2 Å². The molecule has 1 aromatic carbocycles. The number of halogens is 1. The summed E-state index contributed by atoms with van der Waals surface area (Å²) in [7, 11) is 0. The van der Waals surface area contributed by atoms with E-state index in [0.717, 1.165) is 10.9 Å². The summed E-state index contributed by atoms with van der Waals surface area (Å²) in [5, 5.41) is 5.52. The summed E-state index contributed by atoms with van der Waals surface area (Å²) in [6.07, 6.45) is 0.666. The number of esters is 1. The number of hydrogen-bond donors (Lipinski definition) is 2. The highest BCUT2D eigenvalue weighted by Crippen LogP contribution is 2.15. The topological polar surface area (TPSA) is 87.7 Å². The first kappa shape index (κ1) is 19.4. The van der Waals surface area contributed by atoms with Crippen molar-refractivity contribution in [1.82, 2.24) is 10.2 Å². The van der Waals surface area contributed by atoms with Gasteiger partial charge in [-0.25, -0.2) is 0 Å². The number of amides is 2. The van der Waals surface area contributed by atoms with Gasteiger partial charge >= 0.3 is 5.97 Å². The zero-order valence-electron chi connectivity index (χ0n) is 14.1. The van der Waals surface area contributed by atoms with E-state index in [1.807, 2.05) is 19.1 Å². The standard InChI is InChI=1S/C17H22BrN3O4/c1-2-9-25-16(23)10-14-17(24)19-7-8-21(14)11-15(22)20-13-5-3-12(18)4-6-13/h3-6,14H,2,7-11H2,1H3,(H,19,24)(H,20,22). The average Bonchev–Trinajstić information content (AvgIpc) is 2.58. The fourth-order valence-electron chi connectivity index (χ4n) is 2.52. The molecule has 0 radical (unpaired) electrons. The Morgan fingerprint density at radius 2 is 2.08 bits per heavy atom. The summed E-state index contributed by atoms with van der Waals surface area (Å²) in [5.41, 5.74) is 0.675. The van der Waals surface area contributed by atoms with E-state index in [4.69, 9.17) is 4.74 Å². The predicted molar refractivity (Wildman–Crippen MR) is 97.0 cm³/mol. The van der Waals surface area contributed by atoms with Gasteiger partial charge in [0.05, 0.1) is 19.6 Å². The Bertz CT molecular complexity index is 621. The van der Waals surface area contributed by atoms with Gasteiger partial charge in [-0.1, -0.05) is 22.9 Å². The molecule has 2 rings (SSSR count). The van der Waals surface area contributed by atoms with Gasteiger partial charge < -0.3 is 15.4 Å². The molecule has 136 valence electrons. The number of nitrogens with zero attached hydrogens (tertiary/aromatic N) is 1. The van der Waals surface area contributed by atoms with Gasteiger partial charge in [-0.3, -0.25) is 19.3 Å². The van der Waals surface area contributed by atoms with Crippen molar-refractivity contribution in [3.63, 3.8) is 0 Å². The second kappa shape index (κ2) is 9.53. The quantitative estimate of drug-likeness (QED) is 0.664. The molecule has 2 amide bonds. The van der Waals surface area contributed by atoms with Gasteiger partial charge in [-0.05, 0) is 30.7 Å². The van der Waals surface area contributed by atoms with Crippen molar-refractivity contribution in [3.05, 3.63) is 28.7 Å². The van der Waals surface area contributed by atoms with E-state index < -0.39 is 12.0 Å². The summed E-state index contributed by atoms with van der Waals surface area (Å²) >= 11 is 3.34. The molecule has 2 N–H and O–H groups in total. The number of nitrogens with one attached hydrogen (secondary N) is 2. The highest BCUT2D eigenvalue weighted by molar-refractivity contribution is 9.10. The van der Waals surface area contributed by atoms with Crippen LogP contribution in [0.5, 0.6) is 0 Å². The van der Waals surface area contributed by atoms with Crippen LogP contribution in [-0.4, -0.2) is 55.0 Å². The summed E-state index contributed by atoms with van der Waals surface area (Å²) in [6.45, 7) is 3.22. The predicted octanol–water partition coefficient (Wildman–Crippen LogP) is 1.53. The minimum atomic E-state index is -0.686. The molecule has 0 aliphatic carbocycles. The van der Waals surface area contributed by atoms with Crippen LogP contribution in [0, 0.1) is 0 Å². The zero-order valence-corrected chi connectivity index (χ0v) is 15.7. The number of ether oxygens (including phenoxy) is 1. The molecule has 1 aliphatic heterocycles. The molecule has 0 saturated carbocycles. The molecular weight excluding hydrogens is 390 g/mol. The zero-order chi connectivity index (χ0) is 18.2. The number of anilines is 1. The van der Waals surface area contributed by atoms with E-state index in [0.29, 0.717) is 25.4 Å². The van der Waals surface area contributed by atoms with E-state index in [-0.39, 0.29) is 24.8 Å². The maximum Gasteiger partial charge on any atom is 0.307 e. The van der Waals surface area contributed by atoms with Crippen LogP contribution in [0.3, 0.4) is 0 Å². The number of carbonyl (C=O) groups is 3. The number of benzene rings is 1. The summed E-state index contributed by atoms with van der Waals surface area (Å²) in [4.78, 5) is 37.9. The Balaban J connectivity index is 1.94. The van der Waals surface area contributed by atoms with Crippen molar-refractivity contribution in [3.8, 4) is 0 Å².